The van der Waals surface area contributed by atoms with Crippen molar-refractivity contribution in [1.82, 2.24) is 14.5 Å². The number of aldehydes is 1. The molecule has 15 heteroatoms. The van der Waals surface area contributed by atoms with Crippen LogP contribution in [-0.2, 0) is 26.8 Å². The van der Waals surface area contributed by atoms with E-state index in [-0.39, 0.29) is 27.9 Å². The Labute approximate surface area is 323 Å². The molecule has 2 N–H and O–H groups in total. The van der Waals surface area contributed by atoms with E-state index in [4.69, 9.17) is 25.8 Å². The van der Waals surface area contributed by atoms with E-state index in [0.29, 0.717) is 36.9 Å². The van der Waals surface area contributed by atoms with Crippen LogP contribution in [-0.4, -0.2) is 105 Å². The number of nitrogens with zero attached hydrogens (tertiary/aromatic N) is 2. The smallest absolute Gasteiger partial charge is 0.267 e. The van der Waals surface area contributed by atoms with Gasteiger partial charge in [-0.15, -0.1) is 0 Å². The van der Waals surface area contributed by atoms with Gasteiger partial charge in [0.1, 0.15) is 34.0 Å². The number of benzene rings is 3. The molecule has 300 valence electrons. The number of carbonyl (C=O) groups excluding carboxylic acids is 1. The van der Waals surface area contributed by atoms with Crippen molar-refractivity contribution in [2.24, 2.45) is 0 Å². The minimum Gasteiger partial charge on any atom is -0.497 e. The second-order valence-electron chi connectivity index (χ2n) is 11.4. The number of alkyl halides is 3. The Hall–Kier alpha value is -4.34. The van der Waals surface area contributed by atoms with E-state index in [1.807, 2.05) is 56.4 Å². The molecule has 2 unspecified atom stereocenters. The van der Waals surface area contributed by atoms with Crippen LogP contribution in [0.4, 0.5) is 13.2 Å². The zero-order valence-electron chi connectivity index (χ0n) is 32.2. The highest BCUT2D eigenvalue weighted by Gasteiger charge is 2.41. The first-order valence-electron chi connectivity index (χ1n) is 16.3. The maximum Gasteiger partial charge on any atom is 0.267 e. The van der Waals surface area contributed by atoms with Crippen molar-refractivity contribution >= 4 is 27.9 Å². The number of aliphatic hydroxyl groups is 1. The zero-order chi connectivity index (χ0) is 41.3. The van der Waals surface area contributed by atoms with E-state index in [2.05, 4.69) is 5.32 Å². The molecule has 0 radical (unpaired) electrons. The minimum atomic E-state index is -4.24. The number of para-hydroxylation sites is 1. The minimum absolute atomic E-state index is 0.0753. The van der Waals surface area contributed by atoms with E-state index in [1.165, 1.54) is 58.9 Å². The van der Waals surface area contributed by atoms with Gasteiger partial charge in [0.05, 0.1) is 35.1 Å². The average molecular weight is 800 g/mol. The number of hydrogen-bond donors (Lipinski definition) is 2. The molecule has 0 fully saturated rings. The molecule has 10 nitrogen and oxygen atoms in total. The van der Waals surface area contributed by atoms with Gasteiger partial charge in [0.2, 0.25) is 6.93 Å². The molecule has 3 aromatic carbocycles. The van der Waals surface area contributed by atoms with Crippen molar-refractivity contribution in [3.8, 4) is 17.2 Å². The van der Waals surface area contributed by atoms with E-state index >= 15 is 0 Å². The number of halogens is 4. The lowest BCUT2D eigenvalue weighted by Gasteiger charge is -2.36. The van der Waals surface area contributed by atoms with Crippen molar-refractivity contribution in [3.05, 3.63) is 119 Å². The van der Waals surface area contributed by atoms with Gasteiger partial charge in [-0.1, -0.05) is 66.2 Å². The predicted molar refractivity (Wildman–Crippen MR) is 210 cm³/mol. The third-order valence-corrected chi connectivity index (χ3v) is 9.10. The summed E-state index contributed by atoms with van der Waals surface area (Å²) in [5, 5.41) is 14.1. The quantitative estimate of drug-likeness (QED) is 0.119. The number of nitrogens with one attached hydrogen (secondary N) is 1. The van der Waals surface area contributed by atoms with Crippen LogP contribution >= 0.6 is 11.6 Å². The molecule has 0 spiro atoms. The van der Waals surface area contributed by atoms with Gasteiger partial charge in [-0.3, -0.25) is 14.0 Å². The number of methoxy groups -OCH3 is 3. The molecule has 0 aliphatic rings. The van der Waals surface area contributed by atoms with E-state index in [1.54, 1.807) is 43.3 Å². The normalized spacial score (nSPS) is 13.2. The van der Waals surface area contributed by atoms with Crippen LogP contribution in [0.5, 0.6) is 17.2 Å². The number of hydrogen-bond acceptors (Lipinski definition) is 9. The molecule has 0 heterocycles. The van der Waals surface area contributed by atoms with Crippen LogP contribution in [0.15, 0.2) is 113 Å². The van der Waals surface area contributed by atoms with E-state index in [0.717, 1.165) is 9.87 Å². The van der Waals surface area contributed by atoms with Gasteiger partial charge in [-0.05, 0) is 70.4 Å². The summed E-state index contributed by atoms with van der Waals surface area (Å²) in [5.74, 6) is 0.850. The Morgan fingerprint density at radius 2 is 1.48 bits per heavy atom. The average Bonchev–Trinajstić information content (AvgIpc) is 3.17. The highest BCUT2D eigenvalue weighted by atomic mass is 35.5. The van der Waals surface area contributed by atoms with E-state index < -0.39 is 28.5 Å². The van der Waals surface area contributed by atoms with Gasteiger partial charge in [-0.25, -0.2) is 17.2 Å². The van der Waals surface area contributed by atoms with Crippen LogP contribution in [0.25, 0.3) is 0 Å². The van der Waals surface area contributed by atoms with Gasteiger partial charge >= 0.3 is 0 Å². The van der Waals surface area contributed by atoms with Crippen molar-refractivity contribution in [1.29, 1.82) is 0 Å². The summed E-state index contributed by atoms with van der Waals surface area (Å²) in [7, 11) is 7.91. The summed E-state index contributed by atoms with van der Waals surface area (Å²) in [6.45, 7) is -0.310. The number of aliphatic hydroxyl groups excluding tert-OH is 1. The summed E-state index contributed by atoms with van der Waals surface area (Å²) in [6.07, 6.45) is 7.17. The summed E-state index contributed by atoms with van der Waals surface area (Å²) in [6, 6.07) is 20.1. The molecule has 0 aromatic heterocycles. The molecular formula is C39H53ClF3N3O7S. The van der Waals surface area contributed by atoms with Crippen molar-refractivity contribution < 1.29 is 45.7 Å². The summed E-state index contributed by atoms with van der Waals surface area (Å²) in [5.41, 5.74) is -0.280. The Morgan fingerprint density at radius 1 is 0.926 bits per heavy atom. The van der Waals surface area contributed by atoms with Crippen molar-refractivity contribution in [2.45, 2.75) is 29.8 Å². The fraction of sp³-hybridized carbons (Fsp3) is 0.359. The topological polar surface area (TPSA) is 118 Å². The molecular weight excluding hydrogens is 747 g/mol. The summed E-state index contributed by atoms with van der Waals surface area (Å²) < 4.78 is 74.0. The second-order valence-corrected chi connectivity index (χ2v) is 13.8. The lowest BCUT2D eigenvalue weighted by atomic mass is 9.81. The Balaban J connectivity index is 0.00000283. The fourth-order valence-electron chi connectivity index (χ4n) is 4.85. The van der Waals surface area contributed by atoms with Crippen molar-refractivity contribution in [2.75, 3.05) is 70.2 Å². The third-order valence-electron chi connectivity index (χ3n) is 7.11. The van der Waals surface area contributed by atoms with E-state index in [9.17, 15) is 31.5 Å². The Kier molecular flexibility index (Phi) is 24.3. The summed E-state index contributed by atoms with van der Waals surface area (Å²) >= 11 is 6.60. The van der Waals surface area contributed by atoms with Gasteiger partial charge in [0.25, 0.3) is 10.0 Å². The van der Waals surface area contributed by atoms with Gasteiger partial charge in [0.15, 0.2) is 0 Å². The monoisotopic (exact) mass is 799 g/mol. The molecule has 0 saturated carbocycles. The molecule has 54 heavy (non-hydrogen) atoms. The van der Waals surface area contributed by atoms with Crippen LogP contribution < -0.4 is 19.5 Å². The summed E-state index contributed by atoms with van der Waals surface area (Å²) in [4.78, 5) is 15.4. The third kappa shape index (κ3) is 15.2. The first kappa shape index (κ1) is 49.7. The van der Waals surface area contributed by atoms with Crippen LogP contribution in [0, 0.1) is 0 Å². The van der Waals surface area contributed by atoms with Crippen molar-refractivity contribution in [3.63, 3.8) is 0 Å². The SMILES string of the molecule is CF.CN(C)C.C\C=C/C(Cl)=C\C(=C\N(C)S(=O)(=O)c1ccc(OC)cc1OC)C(C=O)(NC(CO)Cc1ccccc1)c1ccccc1OC.FCF. The highest BCUT2D eigenvalue weighted by molar-refractivity contribution is 7.89. The first-order valence-corrected chi connectivity index (χ1v) is 18.1. The molecule has 0 aliphatic heterocycles. The molecule has 0 amide bonds. The molecule has 3 aromatic rings. The molecule has 3 rings (SSSR count). The van der Waals surface area contributed by atoms with Crippen LogP contribution in [0.3, 0.4) is 0 Å². The molecule has 0 saturated heterocycles. The lowest BCUT2D eigenvalue weighted by Crippen LogP contribution is -2.53. The number of ether oxygens (including phenoxy) is 3. The van der Waals surface area contributed by atoms with Crippen LogP contribution in [0.2, 0.25) is 0 Å². The van der Waals surface area contributed by atoms with Gasteiger partial charge in [-0.2, -0.15) is 0 Å². The first-order chi connectivity index (χ1) is 25.7. The molecule has 0 bridgehead atoms. The standard InChI is InChI=1S/C34H39ClN2O7S.C3H9N.CH2F2.CH3F/c1-6-12-27(35)20-26(22-37(2)45(40,41)33-18-17-29(42-3)21-32(33)44-5)34(24-39,30-15-10-11-16-31(30)43-4)36-28(23-38)19-25-13-8-7-9-14-25;1-4(2)3;2-1-3;1-2/h6-18,20-22,24,28,36,38H,19,23H2,1-5H3;1-3H3;1H2;1H3/b12-6-,26-22-,27-20+;;;. The molecule has 0 aliphatic carbocycles. The Morgan fingerprint density at radius 3 is 1.98 bits per heavy atom. The lowest BCUT2D eigenvalue weighted by molar-refractivity contribution is -0.112. The van der Waals surface area contributed by atoms with Gasteiger partial charge in [0, 0.05) is 41.5 Å². The number of allylic oxidation sites excluding steroid dienone is 3. The highest BCUT2D eigenvalue weighted by Crippen LogP contribution is 2.38. The predicted octanol–water partition coefficient (Wildman–Crippen LogP) is 6.85. The largest absolute Gasteiger partial charge is 0.497 e. The second kappa shape index (κ2) is 26.4. The molecule has 2 atom stereocenters. The maximum atomic E-state index is 14.0. The van der Waals surface area contributed by atoms with Gasteiger partial charge < -0.3 is 29.0 Å². The van der Waals surface area contributed by atoms with Crippen LogP contribution in [0.1, 0.15) is 18.1 Å². The maximum absolute atomic E-state index is 14.0. The fourth-order valence-corrected chi connectivity index (χ4v) is 6.29. The number of rotatable bonds is 16. The number of carbonyl (C=O) groups is 1. The zero-order valence-corrected chi connectivity index (χ0v) is 33.8. The Bertz CT molecular complexity index is 1730. The number of sulfonamides is 1.